The first-order valence-corrected chi connectivity index (χ1v) is 7.91. The van der Waals surface area contributed by atoms with Crippen LogP contribution in [-0.2, 0) is 0 Å². The molecule has 0 bridgehead atoms. The van der Waals surface area contributed by atoms with Crippen LogP contribution < -0.4 is 5.73 Å². The Morgan fingerprint density at radius 1 is 1.39 bits per heavy atom. The third-order valence-corrected chi connectivity index (χ3v) is 4.86. The first kappa shape index (κ1) is 14.3. The molecule has 0 radical (unpaired) electrons. The van der Waals surface area contributed by atoms with Crippen molar-refractivity contribution < 1.29 is 0 Å². The number of hydrogen-bond acceptors (Lipinski definition) is 2. The van der Waals surface area contributed by atoms with E-state index < -0.39 is 0 Å². The summed E-state index contributed by atoms with van der Waals surface area (Å²) in [6, 6.07) is 9.90. The Balaban J connectivity index is 2.11. The van der Waals surface area contributed by atoms with E-state index in [-0.39, 0.29) is 0 Å². The molecule has 18 heavy (non-hydrogen) atoms. The number of nitrogens with two attached hydrogens (primary N) is 1. The van der Waals surface area contributed by atoms with E-state index in [2.05, 4.69) is 65.6 Å². The SMILES string of the molecule is CC1CCN(C(C)c2ccc(I)cc2)C(CN)C1. The van der Waals surface area contributed by atoms with E-state index in [1.807, 2.05) is 0 Å². The summed E-state index contributed by atoms with van der Waals surface area (Å²) >= 11 is 2.35. The van der Waals surface area contributed by atoms with Gasteiger partial charge in [-0.2, -0.15) is 0 Å². The van der Waals surface area contributed by atoms with Crippen molar-refractivity contribution in [1.29, 1.82) is 0 Å². The molecule has 1 aliphatic heterocycles. The zero-order valence-corrected chi connectivity index (χ0v) is 13.4. The van der Waals surface area contributed by atoms with Gasteiger partial charge in [-0.1, -0.05) is 19.1 Å². The quantitative estimate of drug-likeness (QED) is 0.839. The summed E-state index contributed by atoms with van der Waals surface area (Å²) < 4.78 is 1.30. The summed E-state index contributed by atoms with van der Waals surface area (Å²) in [5.41, 5.74) is 7.36. The van der Waals surface area contributed by atoms with Crippen LogP contribution in [0.25, 0.3) is 0 Å². The Labute approximate surface area is 124 Å². The molecule has 2 rings (SSSR count). The maximum Gasteiger partial charge on any atom is 0.0323 e. The van der Waals surface area contributed by atoms with Crippen LogP contribution in [0.2, 0.25) is 0 Å². The van der Waals surface area contributed by atoms with Crippen LogP contribution in [-0.4, -0.2) is 24.0 Å². The Bertz CT molecular complexity index is 377. The number of rotatable bonds is 3. The van der Waals surface area contributed by atoms with E-state index >= 15 is 0 Å². The molecule has 1 fully saturated rings. The minimum Gasteiger partial charge on any atom is -0.329 e. The predicted molar refractivity (Wildman–Crippen MR) is 85.5 cm³/mol. The van der Waals surface area contributed by atoms with E-state index in [9.17, 15) is 0 Å². The topological polar surface area (TPSA) is 29.3 Å². The van der Waals surface area contributed by atoms with Crippen LogP contribution in [0, 0.1) is 9.49 Å². The highest BCUT2D eigenvalue weighted by Gasteiger charge is 2.29. The first-order valence-electron chi connectivity index (χ1n) is 6.83. The second-order valence-corrected chi connectivity index (χ2v) is 6.73. The van der Waals surface area contributed by atoms with E-state index in [4.69, 9.17) is 5.73 Å². The molecule has 3 unspecified atom stereocenters. The van der Waals surface area contributed by atoms with Crippen LogP contribution in [0.3, 0.4) is 0 Å². The van der Waals surface area contributed by atoms with Gasteiger partial charge in [0, 0.05) is 22.2 Å². The molecule has 1 heterocycles. The Hall–Kier alpha value is -0.130. The maximum atomic E-state index is 5.95. The summed E-state index contributed by atoms with van der Waals surface area (Å²) in [5.74, 6) is 0.818. The monoisotopic (exact) mass is 358 g/mol. The molecular formula is C15H23IN2. The largest absolute Gasteiger partial charge is 0.329 e. The number of piperidine rings is 1. The van der Waals surface area contributed by atoms with E-state index in [0.29, 0.717) is 12.1 Å². The molecule has 2 N–H and O–H groups in total. The highest BCUT2D eigenvalue weighted by molar-refractivity contribution is 14.1. The highest BCUT2D eigenvalue weighted by atomic mass is 127. The summed E-state index contributed by atoms with van der Waals surface area (Å²) in [4.78, 5) is 2.59. The number of hydrogen-bond donors (Lipinski definition) is 1. The number of likely N-dealkylation sites (tertiary alicyclic amines) is 1. The highest BCUT2D eigenvalue weighted by Crippen LogP contribution is 2.30. The number of benzene rings is 1. The Morgan fingerprint density at radius 2 is 2.06 bits per heavy atom. The first-order chi connectivity index (χ1) is 8.61. The minimum atomic E-state index is 0.475. The molecule has 0 spiro atoms. The van der Waals surface area contributed by atoms with Crippen molar-refractivity contribution in [3.8, 4) is 0 Å². The van der Waals surface area contributed by atoms with Gasteiger partial charge in [0.1, 0.15) is 0 Å². The fourth-order valence-electron chi connectivity index (χ4n) is 2.94. The zero-order valence-electron chi connectivity index (χ0n) is 11.3. The third kappa shape index (κ3) is 3.25. The lowest BCUT2D eigenvalue weighted by atomic mass is 9.90. The molecule has 1 saturated heterocycles. The smallest absolute Gasteiger partial charge is 0.0323 e. The van der Waals surface area contributed by atoms with Crippen LogP contribution in [0.1, 0.15) is 38.3 Å². The van der Waals surface area contributed by atoms with Crippen molar-refractivity contribution >= 4 is 22.6 Å². The van der Waals surface area contributed by atoms with Gasteiger partial charge in [-0.05, 0) is 72.5 Å². The Morgan fingerprint density at radius 3 is 2.67 bits per heavy atom. The average molecular weight is 358 g/mol. The van der Waals surface area contributed by atoms with Crippen molar-refractivity contribution in [2.75, 3.05) is 13.1 Å². The van der Waals surface area contributed by atoms with Gasteiger partial charge in [-0.3, -0.25) is 4.90 Å². The molecule has 2 nitrogen and oxygen atoms in total. The molecule has 0 amide bonds. The lowest BCUT2D eigenvalue weighted by Gasteiger charge is -2.42. The molecular weight excluding hydrogens is 335 g/mol. The summed E-state index contributed by atoms with van der Waals surface area (Å²) in [7, 11) is 0. The zero-order chi connectivity index (χ0) is 13.1. The average Bonchev–Trinajstić information content (AvgIpc) is 2.38. The van der Waals surface area contributed by atoms with Crippen molar-refractivity contribution in [2.24, 2.45) is 11.7 Å². The molecule has 0 aromatic heterocycles. The molecule has 100 valence electrons. The Kier molecular flexibility index (Phi) is 5.04. The van der Waals surface area contributed by atoms with Crippen LogP contribution >= 0.6 is 22.6 Å². The molecule has 0 aliphatic carbocycles. The van der Waals surface area contributed by atoms with Crippen LogP contribution in [0.4, 0.5) is 0 Å². The van der Waals surface area contributed by atoms with Crippen molar-refractivity contribution in [3.63, 3.8) is 0 Å². The number of nitrogens with zero attached hydrogens (tertiary/aromatic N) is 1. The number of halogens is 1. The van der Waals surface area contributed by atoms with Crippen molar-refractivity contribution in [2.45, 2.75) is 38.8 Å². The lowest BCUT2D eigenvalue weighted by molar-refractivity contribution is 0.0834. The summed E-state index contributed by atoms with van der Waals surface area (Å²) in [6.45, 7) is 6.60. The summed E-state index contributed by atoms with van der Waals surface area (Å²) in [5, 5.41) is 0. The standard InChI is InChI=1S/C15H23IN2/c1-11-7-8-18(15(9-11)10-17)12(2)13-3-5-14(16)6-4-13/h3-6,11-12,15H,7-10,17H2,1-2H3. The van der Waals surface area contributed by atoms with Crippen LogP contribution in [0.5, 0.6) is 0 Å². The fourth-order valence-corrected chi connectivity index (χ4v) is 3.30. The predicted octanol–water partition coefficient (Wildman–Crippen LogP) is 3.41. The minimum absolute atomic E-state index is 0.475. The van der Waals surface area contributed by atoms with E-state index in [1.165, 1.54) is 28.5 Å². The second kappa shape index (κ2) is 6.35. The summed E-state index contributed by atoms with van der Waals surface area (Å²) in [6.07, 6.45) is 2.54. The lowest BCUT2D eigenvalue weighted by Crippen LogP contribution is -2.47. The fraction of sp³-hybridized carbons (Fsp3) is 0.600. The molecule has 1 aromatic rings. The van der Waals surface area contributed by atoms with Gasteiger partial charge >= 0.3 is 0 Å². The molecule has 0 saturated carbocycles. The van der Waals surface area contributed by atoms with Gasteiger partial charge in [0.15, 0.2) is 0 Å². The van der Waals surface area contributed by atoms with Gasteiger partial charge in [-0.25, -0.2) is 0 Å². The van der Waals surface area contributed by atoms with Gasteiger partial charge in [0.25, 0.3) is 0 Å². The molecule has 3 heteroatoms. The van der Waals surface area contributed by atoms with Crippen molar-refractivity contribution in [1.82, 2.24) is 4.90 Å². The molecule has 1 aliphatic rings. The van der Waals surface area contributed by atoms with Gasteiger partial charge in [0.2, 0.25) is 0 Å². The van der Waals surface area contributed by atoms with Gasteiger partial charge < -0.3 is 5.73 Å². The van der Waals surface area contributed by atoms with Gasteiger partial charge in [-0.15, -0.1) is 0 Å². The van der Waals surface area contributed by atoms with Crippen LogP contribution in [0.15, 0.2) is 24.3 Å². The third-order valence-electron chi connectivity index (χ3n) is 4.15. The molecule has 1 aromatic carbocycles. The maximum absolute atomic E-state index is 5.95. The molecule has 3 atom stereocenters. The van der Waals surface area contributed by atoms with Crippen molar-refractivity contribution in [3.05, 3.63) is 33.4 Å². The van der Waals surface area contributed by atoms with E-state index in [0.717, 1.165) is 12.5 Å². The van der Waals surface area contributed by atoms with E-state index in [1.54, 1.807) is 0 Å². The normalized spacial score (nSPS) is 27.1. The second-order valence-electron chi connectivity index (χ2n) is 5.48. The van der Waals surface area contributed by atoms with Gasteiger partial charge in [0.05, 0.1) is 0 Å².